The Morgan fingerprint density at radius 1 is 1.09 bits per heavy atom. The first-order valence-corrected chi connectivity index (χ1v) is 11.9. The minimum absolute atomic E-state index is 0.0969. The number of benzene rings is 2. The molecule has 0 saturated carbocycles. The first kappa shape index (κ1) is 22.9. The van der Waals surface area contributed by atoms with E-state index in [9.17, 15) is 17.6 Å². The Hall–Kier alpha value is -3.24. The molecule has 0 radical (unpaired) electrons. The van der Waals surface area contributed by atoms with Crippen LogP contribution in [0, 0.1) is 19.7 Å². The molecular weight excluding hydrogens is 449 g/mol. The lowest BCUT2D eigenvalue weighted by Gasteiger charge is -2.34. The first-order chi connectivity index (χ1) is 15.8. The van der Waals surface area contributed by atoms with Gasteiger partial charge in [0.2, 0.25) is 10.0 Å². The van der Waals surface area contributed by atoms with Crippen LogP contribution < -0.4 is 4.74 Å². The summed E-state index contributed by atoms with van der Waals surface area (Å²) >= 11 is 0. The molecule has 0 spiro atoms. The average Bonchev–Trinajstić information content (AvgIpc) is 3.14. The highest BCUT2D eigenvalue weighted by Crippen LogP contribution is 2.24. The third kappa shape index (κ3) is 4.76. The number of carbonyl (C=O) groups excluding carboxylic acids is 1. The quantitative estimate of drug-likeness (QED) is 0.546. The van der Waals surface area contributed by atoms with Crippen molar-refractivity contribution in [2.75, 3.05) is 26.2 Å². The summed E-state index contributed by atoms with van der Waals surface area (Å²) in [5.74, 6) is 0.231. The molecule has 1 aliphatic rings. The van der Waals surface area contributed by atoms with E-state index in [2.05, 4.69) is 5.16 Å². The van der Waals surface area contributed by atoms with Crippen molar-refractivity contribution in [1.29, 1.82) is 0 Å². The van der Waals surface area contributed by atoms with E-state index in [1.165, 1.54) is 22.5 Å². The molecule has 10 heteroatoms. The number of amides is 1. The van der Waals surface area contributed by atoms with E-state index >= 15 is 0 Å². The van der Waals surface area contributed by atoms with Crippen LogP contribution >= 0.6 is 0 Å². The maximum absolute atomic E-state index is 13.5. The molecule has 0 N–H and O–H groups in total. The molecule has 1 aromatic heterocycles. The van der Waals surface area contributed by atoms with E-state index in [4.69, 9.17) is 9.26 Å². The Morgan fingerprint density at radius 3 is 2.48 bits per heavy atom. The highest BCUT2D eigenvalue weighted by atomic mass is 32.2. The summed E-state index contributed by atoms with van der Waals surface area (Å²) < 4.78 is 51.5. The number of hydrogen-bond donors (Lipinski definition) is 0. The van der Waals surface area contributed by atoms with Crippen LogP contribution in [0.5, 0.6) is 5.75 Å². The summed E-state index contributed by atoms with van der Waals surface area (Å²) in [4.78, 5) is 14.7. The summed E-state index contributed by atoms with van der Waals surface area (Å²) in [5.41, 5.74) is 1.95. The third-order valence-corrected chi connectivity index (χ3v) is 7.53. The molecule has 0 bridgehead atoms. The molecule has 2 aromatic carbocycles. The smallest absolute Gasteiger partial charge is 0.257 e. The van der Waals surface area contributed by atoms with Gasteiger partial charge < -0.3 is 14.2 Å². The molecule has 1 fully saturated rings. The number of carbonyl (C=O) groups is 1. The van der Waals surface area contributed by atoms with E-state index in [1.54, 1.807) is 36.1 Å². The Bertz CT molecular complexity index is 1250. The van der Waals surface area contributed by atoms with Crippen molar-refractivity contribution in [3.05, 3.63) is 76.9 Å². The van der Waals surface area contributed by atoms with Crippen LogP contribution in [-0.4, -0.2) is 54.9 Å². The fraction of sp³-hybridized carbons (Fsp3) is 0.304. The number of piperazine rings is 1. The van der Waals surface area contributed by atoms with Gasteiger partial charge in [0.15, 0.2) is 0 Å². The summed E-state index contributed by atoms with van der Waals surface area (Å²) in [5, 5.41) is 3.91. The lowest BCUT2D eigenvalue weighted by Crippen LogP contribution is -2.50. The topological polar surface area (TPSA) is 93.0 Å². The Morgan fingerprint density at radius 2 is 1.82 bits per heavy atom. The molecule has 1 saturated heterocycles. The van der Waals surface area contributed by atoms with Crippen LogP contribution in [0.25, 0.3) is 0 Å². The van der Waals surface area contributed by atoms with Gasteiger partial charge in [-0.15, -0.1) is 0 Å². The molecule has 8 nitrogen and oxygen atoms in total. The molecule has 0 aliphatic carbocycles. The van der Waals surface area contributed by atoms with E-state index in [0.29, 0.717) is 17.1 Å². The second-order valence-electron chi connectivity index (χ2n) is 7.74. The second-order valence-corrected chi connectivity index (χ2v) is 9.68. The zero-order valence-electron chi connectivity index (χ0n) is 18.3. The highest BCUT2D eigenvalue weighted by molar-refractivity contribution is 7.89. The maximum Gasteiger partial charge on any atom is 0.257 e. The number of halogens is 1. The Balaban J connectivity index is 1.44. The van der Waals surface area contributed by atoms with Crippen molar-refractivity contribution < 1.29 is 26.9 Å². The van der Waals surface area contributed by atoms with Crippen molar-refractivity contribution in [1.82, 2.24) is 14.4 Å². The fourth-order valence-corrected chi connectivity index (χ4v) is 5.16. The molecule has 174 valence electrons. The van der Waals surface area contributed by atoms with Crippen LogP contribution in [0.15, 0.2) is 57.9 Å². The Labute approximate surface area is 191 Å². The molecular formula is C23H24FN3O5S. The lowest BCUT2D eigenvalue weighted by atomic mass is 10.1. The van der Waals surface area contributed by atoms with Crippen LogP contribution in [0.4, 0.5) is 4.39 Å². The predicted molar refractivity (Wildman–Crippen MR) is 118 cm³/mol. The van der Waals surface area contributed by atoms with Gasteiger partial charge in [-0.05, 0) is 44.2 Å². The van der Waals surface area contributed by atoms with E-state index in [1.807, 2.05) is 6.92 Å². The number of para-hydroxylation sites is 1. The summed E-state index contributed by atoms with van der Waals surface area (Å²) in [6.45, 7) is 4.50. The van der Waals surface area contributed by atoms with E-state index in [-0.39, 0.29) is 43.6 Å². The first-order valence-electron chi connectivity index (χ1n) is 10.5. The molecule has 2 heterocycles. The van der Waals surface area contributed by atoms with E-state index in [0.717, 1.165) is 17.3 Å². The van der Waals surface area contributed by atoms with Crippen LogP contribution in [0.3, 0.4) is 0 Å². The third-order valence-electron chi connectivity index (χ3n) is 5.63. The number of aryl methyl sites for hydroxylation is 2. The van der Waals surface area contributed by atoms with Crippen LogP contribution in [0.2, 0.25) is 0 Å². The molecule has 3 aromatic rings. The van der Waals surface area contributed by atoms with E-state index < -0.39 is 15.8 Å². The predicted octanol–water partition coefficient (Wildman–Crippen LogP) is 3.16. The standard InChI is InChI=1S/C23H24FN3O5S/c1-16-21(17(2)32-25-16)15-31-22-9-4-3-8-20(22)23(28)26-10-12-27(13-11-26)33(29,30)19-7-5-6-18(24)14-19/h3-9,14H,10-13,15H2,1-2H3. The largest absolute Gasteiger partial charge is 0.488 e. The molecule has 1 amide bonds. The summed E-state index contributed by atoms with van der Waals surface area (Å²) in [6, 6.07) is 11.9. The maximum atomic E-state index is 13.5. The molecule has 1 aliphatic heterocycles. The number of ether oxygens (including phenoxy) is 1. The van der Waals surface area contributed by atoms with Gasteiger partial charge >= 0.3 is 0 Å². The number of sulfonamides is 1. The molecule has 0 unspecified atom stereocenters. The van der Waals surface area contributed by atoms with Gasteiger partial charge in [-0.3, -0.25) is 4.79 Å². The molecule has 4 rings (SSSR count). The van der Waals surface area contributed by atoms with Crippen molar-refractivity contribution in [3.63, 3.8) is 0 Å². The fourth-order valence-electron chi connectivity index (χ4n) is 3.71. The van der Waals surface area contributed by atoms with Gasteiger partial charge in [0, 0.05) is 26.2 Å². The van der Waals surface area contributed by atoms with Gasteiger partial charge in [-0.2, -0.15) is 4.31 Å². The normalized spacial score (nSPS) is 14.9. The van der Waals surface area contributed by atoms with Crippen molar-refractivity contribution in [2.24, 2.45) is 0 Å². The monoisotopic (exact) mass is 473 g/mol. The second kappa shape index (κ2) is 9.32. The minimum Gasteiger partial charge on any atom is -0.488 e. The summed E-state index contributed by atoms with van der Waals surface area (Å²) in [7, 11) is -3.83. The Kier molecular flexibility index (Phi) is 6.48. The summed E-state index contributed by atoms with van der Waals surface area (Å²) in [6.07, 6.45) is 0. The zero-order chi connectivity index (χ0) is 23.6. The number of rotatable bonds is 6. The molecule has 33 heavy (non-hydrogen) atoms. The average molecular weight is 474 g/mol. The minimum atomic E-state index is -3.83. The van der Waals surface area contributed by atoms with Gasteiger partial charge in [0.1, 0.15) is 23.9 Å². The highest BCUT2D eigenvalue weighted by Gasteiger charge is 2.31. The van der Waals surface area contributed by atoms with Gasteiger partial charge in [-0.1, -0.05) is 23.4 Å². The lowest BCUT2D eigenvalue weighted by molar-refractivity contribution is 0.0693. The van der Waals surface area contributed by atoms with Crippen molar-refractivity contribution in [2.45, 2.75) is 25.3 Å². The number of nitrogens with zero attached hydrogens (tertiary/aromatic N) is 3. The molecule has 0 atom stereocenters. The number of aromatic nitrogens is 1. The zero-order valence-corrected chi connectivity index (χ0v) is 19.1. The van der Waals surface area contributed by atoms with Gasteiger partial charge in [-0.25, -0.2) is 12.8 Å². The van der Waals surface area contributed by atoms with Crippen LogP contribution in [0.1, 0.15) is 27.4 Å². The van der Waals surface area contributed by atoms with Crippen molar-refractivity contribution >= 4 is 15.9 Å². The van der Waals surface area contributed by atoms with Crippen LogP contribution in [-0.2, 0) is 16.6 Å². The van der Waals surface area contributed by atoms with Gasteiger partial charge in [0.05, 0.1) is 21.7 Å². The SMILES string of the molecule is Cc1noc(C)c1COc1ccccc1C(=O)N1CCN(S(=O)(=O)c2cccc(F)c2)CC1. The number of hydrogen-bond acceptors (Lipinski definition) is 6. The van der Waals surface area contributed by atoms with Gasteiger partial charge in [0.25, 0.3) is 5.91 Å². The van der Waals surface area contributed by atoms with Crippen molar-refractivity contribution in [3.8, 4) is 5.75 Å².